The van der Waals surface area contributed by atoms with E-state index in [1.54, 1.807) is 0 Å². The molecule has 1 unspecified atom stereocenters. The predicted molar refractivity (Wildman–Crippen MR) is 226 cm³/mol. The summed E-state index contributed by atoms with van der Waals surface area (Å²) in [4.78, 5) is 0. The zero-order chi connectivity index (χ0) is 35.1. The van der Waals surface area contributed by atoms with E-state index in [2.05, 4.69) is 211 Å². The number of rotatable bonds is 6. The molecular weight excluding hydrogens is 639 g/mol. The lowest BCUT2D eigenvalue weighted by atomic mass is 9.85. The second kappa shape index (κ2) is 13.1. The second-order valence-electron chi connectivity index (χ2n) is 14.0. The van der Waals surface area contributed by atoms with Crippen LogP contribution >= 0.6 is 0 Å². The molecule has 0 amide bonds. The lowest BCUT2D eigenvalue weighted by molar-refractivity contribution is 0.786. The minimum Gasteiger partial charge on any atom is -0.313 e. The van der Waals surface area contributed by atoms with Crippen LogP contribution in [0.25, 0.3) is 82.6 Å². The first-order chi connectivity index (χ1) is 26.3. The Balaban J connectivity index is 1.24. The minimum atomic E-state index is 0.297. The van der Waals surface area contributed by atoms with E-state index in [0.29, 0.717) is 5.92 Å². The topological polar surface area (TPSA) is 4.93 Å². The normalized spacial score (nSPS) is 14.0. The minimum absolute atomic E-state index is 0.297. The number of benzene rings is 8. The van der Waals surface area contributed by atoms with E-state index in [9.17, 15) is 0 Å². The van der Waals surface area contributed by atoms with Gasteiger partial charge in [-0.15, -0.1) is 0 Å². The Bertz CT molecular complexity index is 2830. The van der Waals surface area contributed by atoms with Crippen molar-refractivity contribution >= 4 is 32.3 Å². The number of aromatic nitrogens is 1. The fourth-order valence-corrected chi connectivity index (χ4v) is 8.49. The number of fused-ring (bicyclic) bond motifs is 3. The molecule has 0 bridgehead atoms. The highest BCUT2D eigenvalue weighted by Crippen LogP contribution is 2.45. The maximum Gasteiger partial charge on any atom is 0.0531 e. The van der Waals surface area contributed by atoms with Crippen molar-refractivity contribution in [1.29, 1.82) is 0 Å². The first kappa shape index (κ1) is 31.1. The Labute approximate surface area is 310 Å². The van der Waals surface area contributed by atoms with Gasteiger partial charge in [0.15, 0.2) is 0 Å². The monoisotopic (exact) mass is 675 g/mol. The molecule has 0 saturated heterocycles. The van der Waals surface area contributed by atoms with Gasteiger partial charge < -0.3 is 4.57 Å². The van der Waals surface area contributed by atoms with Gasteiger partial charge in [-0.1, -0.05) is 182 Å². The summed E-state index contributed by atoms with van der Waals surface area (Å²) in [6, 6.07) is 66.9. The molecule has 0 aliphatic heterocycles. The van der Waals surface area contributed by atoms with Gasteiger partial charge in [-0.2, -0.15) is 0 Å². The van der Waals surface area contributed by atoms with Crippen LogP contribution in [0.2, 0.25) is 0 Å². The zero-order valence-corrected chi connectivity index (χ0v) is 29.4. The van der Waals surface area contributed by atoms with E-state index < -0.39 is 0 Å². The number of nitrogens with zero attached hydrogens (tertiary/aromatic N) is 1. The Kier molecular flexibility index (Phi) is 7.69. The molecule has 1 nitrogen and oxygen atoms in total. The van der Waals surface area contributed by atoms with Gasteiger partial charge in [0, 0.05) is 17.3 Å². The van der Waals surface area contributed by atoms with Gasteiger partial charge in [0.1, 0.15) is 0 Å². The van der Waals surface area contributed by atoms with E-state index in [0.717, 1.165) is 6.42 Å². The molecule has 0 saturated carbocycles. The standard InChI is InChI=1S/C52H37N/c1-4-16-38(17-5-1)49-33-34-50(39-18-6-2-7-19-39)53(49)42-31-32-47-48(35-42)52(46-25-13-12-24-45(46)51(47)40-20-8-3-9-21-40)41-29-27-37(28-30-41)44-26-14-22-36-15-10-11-23-43(36)44/h1-18,20-35,39H,19H2. The lowest BCUT2D eigenvalue weighted by Gasteiger charge is -2.22. The summed E-state index contributed by atoms with van der Waals surface area (Å²) in [6.45, 7) is 0. The Morgan fingerprint density at radius 3 is 1.75 bits per heavy atom. The third kappa shape index (κ3) is 5.41. The van der Waals surface area contributed by atoms with E-state index in [1.807, 2.05) is 0 Å². The van der Waals surface area contributed by atoms with Gasteiger partial charge in [0.2, 0.25) is 0 Å². The van der Waals surface area contributed by atoms with Crippen LogP contribution < -0.4 is 0 Å². The van der Waals surface area contributed by atoms with Crippen LogP contribution in [0.5, 0.6) is 0 Å². The Hall–Kier alpha value is -6.70. The average Bonchev–Trinajstić information content (AvgIpc) is 3.69. The van der Waals surface area contributed by atoms with Crippen molar-refractivity contribution in [2.75, 3.05) is 0 Å². The average molecular weight is 676 g/mol. The van der Waals surface area contributed by atoms with Crippen molar-refractivity contribution in [2.24, 2.45) is 0 Å². The van der Waals surface area contributed by atoms with Gasteiger partial charge in [-0.25, -0.2) is 0 Å². The molecule has 8 aromatic carbocycles. The molecule has 250 valence electrons. The van der Waals surface area contributed by atoms with E-state index >= 15 is 0 Å². The van der Waals surface area contributed by atoms with Crippen LogP contribution in [0, 0.1) is 0 Å². The molecule has 0 fully saturated rings. The van der Waals surface area contributed by atoms with Crippen LogP contribution in [0.1, 0.15) is 18.0 Å². The predicted octanol–water partition coefficient (Wildman–Crippen LogP) is 14.2. The fourth-order valence-electron chi connectivity index (χ4n) is 8.49. The third-order valence-electron chi connectivity index (χ3n) is 10.9. The molecule has 1 aliphatic rings. The lowest BCUT2D eigenvalue weighted by Crippen LogP contribution is -2.07. The molecule has 1 heterocycles. The molecule has 0 spiro atoms. The molecule has 1 atom stereocenters. The summed E-state index contributed by atoms with van der Waals surface area (Å²) in [5.41, 5.74) is 12.3. The van der Waals surface area contributed by atoms with Crippen LogP contribution in [0.15, 0.2) is 206 Å². The largest absolute Gasteiger partial charge is 0.313 e. The van der Waals surface area contributed by atoms with Gasteiger partial charge in [0.05, 0.1) is 5.69 Å². The van der Waals surface area contributed by atoms with Crippen LogP contribution in [0.3, 0.4) is 0 Å². The van der Waals surface area contributed by atoms with Crippen molar-refractivity contribution in [1.82, 2.24) is 4.57 Å². The van der Waals surface area contributed by atoms with Crippen LogP contribution in [-0.4, -0.2) is 4.57 Å². The van der Waals surface area contributed by atoms with Crippen LogP contribution in [-0.2, 0) is 0 Å². The Morgan fingerprint density at radius 1 is 0.415 bits per heavy atom. The smallest absolute Gasteiger partial charge is 0.0531 e. The molecule has 1 aliphatic carbocycles. The van der Waals surface area contributed by atoms with Crippen LogP contribution in [0.4, 0.5) is 0 Å². The van der Waals surface area contributed by atoms with Gasteiger partial charge in [-0.05, 0) is 102 Å². The summed E-state index contributed by atoms with van der Waals surface area (Å²) < 4.78 is 2.49. The molecule has 0 radical (unpaired) electrons. The van der Waals surface area contributed by atoms with Gasteiger partial charge >= 0.3 is 0 Å². The van der Waals surface area contributed by atoms with E-state index in [1.165, 1.54) is 88.3 Å². The van der Waals surface area contributed by atoms with E-state index in [-0.39, 0.29) is 0 Å². The van der Waals surface area contributed by atoms with Crippen molar-refractivity contribution in [3.8, 4) is 50.3 Å². The molecule has 53 heavy (non-hydrogen) atoms. The summed E-state index contributed by atoms with van der Waals surface area (Å²) in [7, 11) is 0. The molecule has 10 rings (SSSR count). The molecule has 1 aromatic heterocycles. The summed E-state index contributed by atoms with van der Waals surface area (Å²) in [5, 5.41) is 7.55. The number of hydrogen-bond acceptors (Lipinski definition) is 0. The maximum absolute atomic E-state index is 2.49. The number of hydrogen-bond donors (Lipinski definition) is 0. The highest BCUT2D eigenvalue weighted by atomic mass is 15.0. The van der Waals surface area contributed by atoms with Crippen molar-refractivity contribution in [2.45, 2.75) is 12.3 Å². The summed E-state index contributed by atoms with van der Waals surface area (Å²) in [5.74, 6) is 0.297. The quantitative estimate of drug-likeness (QED) is 0.155. The second-order valence-corrected chi connectivity index (χ2v) is 14.0. The zero-order valence-electron chi connectivity index (χ0n) is 29.4. The highest BCUT2D eigenvalue weighted by molar-refractivity contribution is 6.21. The van der Waals surface area contributed by atoms with Crippen molar-refractivity contribution in [3.63, 3.8) is 0 Å². The van der Waals surface area contributed by atoms with Crippen molar-refractivity contribution < 1.29 is 0 Å². The van der Waals surface area contributed by atoms with Gasteiger partial charge in [-0.3, -0.25) is 0 Å². The maximum atomic E-state index is 2.49. The van der Waals surface area contributed by atoms with Gasteiger partial charge in [0.25, 0.3) is 0 Å². The number of allylic oxidation sites excluding steroid dienone is 4. The summed E-state index contributed by atoms with van der Waals surface area (Å²) >= 11 is 0. The fraction of sp³-hybridized carbons (Fsp3) is 0.0385. The molecule has 0 N–H and O–H groups in total. The first-order valence-electron chi connectivity index (χ1n) is 18.5. The third-order valence-corrected chi connectivity index (χ3v) is 10.9. The molecule has 9 aromatic rings. The summed E-state index contributed by atoms with van der Waals surface area (Å²) in [6.07, 6.45) is 9.95. The Morgan fingerprint density at radius 2 is 1.02 bits per heavy atom. The SMILES string of the molecule is C1=CCC(c2ccc(-c3ccccc3)n2-c2ccc3c(-c4ccccc4)c4ccccc4c(-c4ccc(-c5cccc6ccccc56)cc4)c3c2)C=C1. The van der Waals surface area contributed by atoms with E-state index in [4.69, 9.17) is 0 Å². The molecule has 1 heteroatoms. The first-order valence-corrected chi connectivity index (χ1v) is 18.5. The van der Waals surface area contributed by atoms with Crippen molar-refractivity contribution in [3.05, 3.63) is 212 Å². The molecular formula is C52H37N. The highest BCUT2D eigenvalue weighted by Gasteiger charge is 2.22.